The molecule has 1 aliphatic rings. The summed E-state index contributed by atoms with van der Waals surface area (Å²) in [5, 5.41) is 10.2. The first-order chi connectivity index (χ1) is 21.1. The minimum absolute atomic E-state index is 0.0311. The number of anilines is 3. The first-order valence-electron chi connectivity index (χ1n) is 14.5. The molecular formula is C32H33F3N8O. The Kier molecular flexibility index (Phi) is 7.87. The fraction of sp³-hybridized carbons (Fsp3) is 0.281. The Morgan fingerprint density at radius 1 is 1.02 bits per heavy atom. The maximum atomic E-state index is 13.1. The molecule has 2 amide bonds. The maximum Gasteiger partial charge on any atom is 0.416 e. The summed E-state index contributed by atoms with van der Waals surface area (Å²) in [6.45, 7) is 8.64. The summed E-state index contributed by atoms with van der Waals surface area (Å²) < 4.78 is 41.6. The van der Waals surface area contributed by atoms with E-state index in [4.69, 9.17) is 10.7 Å². The van der Waals surface area contributed by atoms with Gasteiger partial charge in [0.2, 0.25) is 0 Å². The predicted octanol–water partition coefficient (Wildman–Crippen LogP) is 6.32. The van der Waals surface area contributed by atoms with Crippen LogP contribution in [0, 0.1) is 0 Å². The smallest absolute Gasteiger partial charge is 0.382 e. The van der Waals surface area contributed by atoms with E-state index in [1.54, 1.807) is 6.07 Å². The van der Waals surface area contributed by atoms with Crippen LogP contribution in [0.4, 0.5) is 35.2 Å². The van der Waals surface area contributed by atoms with E-state index < -0.39 is 17.8 Å². The quantitative estimate of drug-likeness (QED) is 0.181. The Hall–Kier alpha value is -4.68. The van der Waals surface area contributed by atoms with E-state index in [2.05, 4.69) is 44.1 Å². The number of amides is 2. The Morgan fingerprint density at radius 3 is 2.50 bits per heavy atom. The minimum Gasteiger partial charge on any atom is -0.382 e. The van der Waals surface area contributed by atoms with E-state index in [-0.39, 0.29) is 11.6 Å². The summed E-state index contributed by atoms with van der Waals surface area (Å²) in [6.07, 6.45) is -2.69. The van der Waals surface area contributed by atoms with Gasteiger partial charge in [0.15, 0.2) is 0 Å². The summed E-state index contributed by atoms with van der Waals surface area (Å²) in [5.41, 5.74) is 9.46. The molecule has 5 aromatic rings. The number of carbonyl (C=O) groups is 1. The molecule has 6 rings (SSSR count). The lowest BCUT2D eigenvalue weighted by molar-refractivity contribution is -0.137. The summed E-state index contributed by atoms with van der Waals surface area (Å²) in [4.78, 5) is 25.0. The molecule has 1 fully saturated rings. The largest absolute Gasteiger partial charge is 0.416 e. The van der Waals surface area contributed by atoms with E-state index >= 15 is 0 Å². The van der Waals surface area contributed by atoms with Crippen LogP contribution in [0.3, 0.4) is 0 Å². The molecule has 3 heterocycles. The topological polar surface area (TPSA) is 113 Å². The fourth-order valence-electron chi connectivity index (χ4n) is 5.68. The highest BCUT2D eigenvalue weighted by molar-refractivity contribution is 6.10. The number of benzene rings is 3. The van der Waals surface area contributed by atoms with Gasteiger partial charge in [-0.3, -0.25) is 9.30 Å². The molecule has 12 heteroatoms. The zero-order valence-corrected chi connectivity index (χ0v) is 24.4. The molecule has 1 saturated heterocycles. The first kappa shape index (κ1) is 29.4. The van der Waals surface area contributed by atoms with Crippen molar-refractivity contribution >= 4 is 39.5 Å². The number of nitrogens with two attached hydrogens (primary N) is 1. The number of fused-ring (bicyclic) bond motifs is 2. The number of alkyl halides is 3. The molecular weight excluding hydrogens is 569 g/mol. The Labute approximate surface area is 252 Å². The molecule has 2 aromatic heterocycles. The number of nitrogens with zero attached hydrogens (tertiary/aromatic N) is 4. The number of urea groups is 1. The average molecular weight is 603 g/mol. The van der Waals surface area contributed by atoms with Gasteiger partial charge in [-0.2, -0.15) is 13.2 Å². The van der Waals surface area contributed by atoms with E-state index in [9.17, 15) is 18.0 Å². The van der Waals surface area contributed by atoms with Gasteiger partial charge in [-0.25, -0.2) is 14.8 Å². The predicted molar refractivity (Wildman–Crippen MR) is 167 cm³/mol. The number of hydrogen-bond donors (Lipinski definition) is 4. The lowest BCUT2D eigenvalue weighted by Crippen LogP contribution is -2.43. The van der Waals surface area contributed by atoms with Crippen LogP contribution in [-0.2, 0) is 12.7 Å². The van der Waals surface area contributed by atoms with E-state index in [1.807, 2.05) is 36.5 Å². The summed E-state index contributed by atoms with van der Waals surface area (Å²) in [5.74, 6) is 1.35. The molecule has 0 unspecified atom stereocenters. The SMILES string of the molecule is CC(C)c1nc(-c2ccc(NC(=O)Nc3cccc(C(F)(F)F)c3)c3ccccc23)c2c(N)ncc(CN3CCNCC3)n12. The Balaban J connectivity index is 1.38. The molecule has 0 atom stereocenters. The molecule has 44 heavy (non-hydrogen) atoms. The number of hydrogen-bond acceptors (Lipinski definition) is 6. The second kappa shape index (κ2) is 11.8. The number of halogens is 3. The highest BCUT2D eigenvalue weighted by atomic mass is 19.4. The van der Waals surface area contributed by atoms with Gasteiger partial charge in [-0.1, -0.05) is 50.2 Å². The first-order valence-corrected chi connectivity index (χ1v) is 14.5. The van der Waals surface area contributed by atoms with Gasteiger partial charge in [0.25, 0.3) is 0 Å². The summed E-state index contributed by atoms with van der Waals surface area (Å²) in [7, 11) is 0. The standard InChI is InChI=1S/C32H33F3N8O/c1-19(2)30-41-27(28-29(36)38-17-22(43(28)30)18-42-14-12-37-13-15-42)25-10-11-26(24-9-4-3-8-23(24)25)40-31(44)39-21-7-5-6-20(16-21)32(33,34)35/h3-11,16-17,19,37H,12-15,18H2,1-2H3,(H2,36,38)(H2,39,40,44). The van der Waals surface area contributed by atoms with Crippen LogP contribution >= 0.6 is 0 Å². The van der Waals surface area contributed by atoms with Crippen molar-refractivity contribution in [3.63, 3.8) is 0 Å². The Morgan fingerprint density at radius 2 is 1.77 bits per heavy atom. The third-order valence-electron chi connectivity index (χ3n) is 7.77. The average Bonchev–Trinajstić information content (AvgIpc) is 3.41. The molecule has 3 aromatic carbocycles. The molecule has 9 nitrogen and oxygen atoms in total. The van der Waals surface area contributed by atoms with E-state index in [1.165, 1.54) is 12.1 Å². The number of nitrogen functional groups attached to an aromatic ring is 1. The zero-order valence-electron chi connectivity index (χ0n) is 24.4. The third-order valence-corrected chi connectivity index (χ3v) is 7.77. The lowest BCUT2D eigenvalue weighted by Gasteiger charge is -2.27. The molecule has 0 saturated carbocycles. The Bertz CT molecular complexity index is 1840. The van der Waals surface area contributed by atoms with Crippen molar-refractivity contribution in [1.82, 2.24) is 24.6 Å². The molecule has 0 spiro atoms. The molecule has 0 radical (unpaired) electrons. The highest BCUT2D eigenvalue weighted by Gasteiger charge is 2.30. The number of carbonyl (C=O) groups excluding carboxylic acids is 1. The van der Waals surface area contributed by atoms with Crippen molar-refractivity contribution in [2.75, 3.05) is 42.5 Å². The minimum atomic E-state index is -4.52. The number of piperazine rings is 1. The fourth-order valence-corrected chi connectivity index (χ4v) is 5.68. The lowest BCUT2D eigenvalue weighted by atomic mass is 10.00. The molecule has 0 bridgehead atoms. The molecule has 1 aliphatic heterocycles. The number of nitrogens with one attached hydrogen (secondary N) is 3. The number of rotatable bonds is 6. The van der Waals surface area contributed by atoms with E-state index in [0.29, 0.717) is 23.7 Å². The van der Waals surface area contributed by atoms with Gasteiger partial charge >= 0.3 is 12.2 Å². The molecule has 228 valence electrons. The van der Waals surface area contributed by atoms with Crippen LogP contribution in [0.1, 0.15) is 36.8 Å². The summed E-state index contributed by atoms with van der Waals surface area (Å²) >= 11 is 0. The maximum absolute atomic E-state index is 13.1. The van der Waals surface area contributed by atoms with Gasteiger partial charge in [0, 0.05) is 55.3 Å². The van der Waals surface area contributed by atoms with Crippen molar-refractivity contribution in [1.29, 1.82) is 0 Å². The van der Waals surface area contributed by atoms with Crippen LogP contribution in [0.2, 0.25) is 0 Å². The van der Waals surface area contributed by atoms with Crippen molar-refractivity contribution in [3.8, 4) is 11.3 Å². The number of imidazole rings is 1. The van der Waals surface area contributed by atoms with Crippen molar-refractivity contribution in [2.24, 2.45) is 0 Å². The van der Waals surface area contributed by atoms with Crippen LogP contribution < -0.4 is 21.7 Å². The van der Waals surface area contributed by atoms with Crippen LogP contribution in [0.25, 0.3) is 27.5 Å². The molecule has 5 N–H and O–H groups in total. The van der Waals surface area contributed by atoms with Gasteiger partial charge in [-0.15, -0.1) is 0 Å². The second-order valence-electron chi connectivity index (χ2n) is 11.2. The van der Waals surface area contributed by atoms with Crippen LogP contribution in [0.15, 0.2) is 66.9 Å². The monoisotopic (exact) mass is 602 g/mol. The highest BCUT2D eigenvalue weighted by Crippen LogP contribution is 2.38. The second-order valence-corrected chi connectivity index (χ2v) is 11.2. The van der Waals surface area contributed by atoms with Gasteiger partial charge in [0.05, 0.1) is 23.1 Å². The van der Waals surface area contributed by atoms with Crippen molar-refractivity contribution < 1.29 is 18.0 Å². The van der Waals surface area contributed by atoms with Gasteiger partial charge in [-0.05, 0) is 29.7 Å². The van der Waals surface area contributed by atoms with Crippen molar-refractivity contribution in [3.05, 3.63) is 83.9 Å². The van der Waals surface area contributed by atoms with Gasteiger partial charge in [0.1, 0.15) is 22.9 Å². The normalized spacial score (nSPS) is 14.4. The van der Waals surface area contributed by atoms with Gasteiger partial charge < -0.3 is 21.7 Å². The van der Waals surface area contributed by atoms with Crippen LogP contribution in [0.5, 0.6) is 0 Å². The number of aromatic nitrogens is 3. The van der Waals surface area contributed by atoms with Crippen molar-refractivity contribution in [2.45, 2.75) is 32.5 Å². The van der Waals surface area contributed by atoms with Crippen LogP contribution in [-0.4, -0.2) is 51.5 Å². The van der Waals surface area contributed by atoms with E-state index in [0.717, 1.165) is 71.7 Å². The third kappa shape index (κ3) is 5.78. The summed E-state index contributed by atoms with van der Waals surface area (Å²) in [6, 6.07) is 15.0. The molecule has 0 aliphatic carbocycles. The zero-order chi connectivity index (χ0) is 31.0.